The topological polar surface area (TPSA) is 54.0 Å². The highest BCUT2D eigenvalue weighted by atomic mass is 16.2. The van der Waals surface area contributed by atoms with E-state index in [1.165, 1.54) is 57.8 Å². The van der Waals surface area contributed by atoms with Crippen LogP contribution in [0.1, 0.15) is 81.5 Å². The van der Waals surface area contributed by atoms with E-state index in [4.69, 9.17) is 0 Å². The number of hydrazine groups is 1. The Labute approximate surface area is 135 Å². The molecule has 1 aromatic heterocycles. The van der Waals surface area contributed by atoms with Gasteiger partial charge in [-0.1, -0.05) is 64.7 Å². The number of aromatic nitrogens is 1. The van der Waals surface area contributed by atoms with E-state index in [1.807, 2.05) is 0 Å². The van der Waals surface area contributed by atoms with Crippen LogP contribution in [0, 0.1) is 0 Å². The normalized spacial score (nSPS) is 10.6. The minimum absolute atomic E-state index is 0.102. The molecule has 0 radical (unpaired) electrons. The van der Waals surface area contributed by atoms with Gasteiger partial charge in [-0.25, -0.2) is 5.43 Å². The van der Waals surface area contributed by atoms with Crippen LogP contribution in [0.2, 0.25) is 0 Å². The molecule has 22 heavy (non-hydrogen) atoms. The van der Waals surface area contributed by atoms with Crippen molar-refractivity contribution in [1.82, 2.24) is 15.8 Å². The fourth-order valence-electron chi connectivity index (χ4n) is 2.42. The second kappa shape index (κ2) is 13.3. The van der Waals surface area contributed by atoms with Crippen LogP contribution >= 0.6 is 0 Å². The van der Waals surface area contributed by atoms with Crippen molar-refractivity contribution < 1.29 is 4.79 Å². The van der Waals surface area contributed by atoms with Gasteiger partial charge in [-0.2, -0.15) is 0 Å². The summed E-state index contributed by atoms with van der Waals surface area (Å²) in [5, 5.41) is 0. The molecule has 1 heterocycles. The van der Waals surface area contributed by atoms with E-state index >= 15 is 0 Å². The summed E-state index contributed by atoms with van der Waals surface area (Å²) in [6.07, 6.45) is 16.5. The van der Waals surface area contributed by atoms with Crippen LogP contribution in [-0.2, 0) is 0 Å². The molecular formula is C18H31N3O. The van der Waals surface area contributed by atoms with Gasteiger partial charge < -0.3 is 0 Å². The van der Waals surface area contributed by atoms with Gasteiger partial charge in [0, 0.05) is 24.5 Å². The van der Waals surface area contributed by atoms with E-state index in [-0.39, 0.29) is 5.91 Å². The predicted octanol–water partition coefficient (Wildman–Crippen LogP) is 4.24. The molecule has 0 saturated heterocycles. The summed E-state index contributed by atoms with van der Waals surface area (Å²) in [5.74, 6) is -0.102. The monoisotopic (exact) mass is 305 g/mol. The van der Waals surface area contributed by atoms with Crippen LogP contribution in [-0.4, -0.2) is 17.4 Å². The summed E-state index contributed by atoms with van der Waals surface area (Å²) in [7, 11) is 0. The molecule has 0 aliphatic rings. The predicted molar refractivity (Wildman–Crippen MR) is 91.5 cm³/mol. The van der Waals surface area contributed by atoms with Crippen molar-refractivity contribution in [2.75, 3.05) is 6.54 Å². The van der Waals surface area contributed by atoms with Crippen LogP contribution in [0.25, 0.3) is 0 Å². The van der Waals surface area contributed by atoms with Crippen molar-refractivity contribution >= 4 is 5.91 Å². The Morgan fingerprint density at radius 3 is 2.05 bits per heavy atom. The number of carbonyl (C=O) groups is 1. The zero-order chi connectivity index (χ0) is 15.9. The molecule has 0 aliphatic heterocycles. The number of amides is 1. The Hall–Kier alpha value is -1.42. The molecule has 0 bridgehead atoms. The number of hydrogen-bond acceptors (Lipinski definition) is 3. The van der Waals surface area contributed by atoms with Crippen LogP contribution in [0.4, 0.5) is 0 Å². The van der Waals surface area contributed by atoms with Crippen molar-refractivity contribution in [1.29, 1.82) is 0 Å². The molecule has 1 aromatic rings. The standard InChI is InChI=1S/C18H31N3O/c1-2-3-4-5-6-7-8-9-10-11-14-20-21-18(22)17-12-15-19-16-13-17/h12-13,15-16,20H,2-11,14H2,1H3,(H,21,22). The third-order valence-corrected chi connectivity index (χ3v) is 3.80. The minimum Gasteiger partial charge on any atom is -0.287 e. The number of nitrogens with zero attached hydrogens (tertiary/aromatic N) is 1. The summed E-state index contributed by atoms with van der Waals surface area (Å²) >= 11 is 0. The lowest BCUT2D eigenvalue weighted by atomic mass is 10.1. The highest BCUT2D eigenvalue weighted by Crippen LogP contribution is 2.10. The van der Waals surface area contributed by atoms with E-state index < -0.39 is 0 Å². The van der Waals surface area contributed by atoms with Gasteiger partial charge in [0.2, 0.25) is 0 Å². The van der Waals surface area contributed by atoms with Crippen LogP contribution in [0.15, 0.2) is 24.5 Å². The highest BCUT2D eigenvalue weighted by molar-refractivity contribution is 5.93. The van der Waals surface area contributed by atoms with Gasteiger partial charge in [-0.15, -0.1) is 0 Å². The highest BCUT2D eigenvalue weighted by Gasteiger charge is 2.02. The van der Waals surface area contributed by atoms with Gasteiger partial charge in [-0.05, 0) is 18.6 Å². The zero-order valence-electron chi connectivity index (χ0n) is 13.9. The van der Waals surface area contributed by atoms with Gasteiger partial charge in [0.1, 0.15) is 0 Å². The summed E-state index contributed by atoms with van der Waals surface area (Å²) < 4.78 is 0. The van der Waals surface area contributed by atoms with E-state index in [9.17, 15) is 4.79 Å². The molecule has 0 spiro atoms. The molecule has 0 aromatic carbocycles. The maximum Gasteiger partial charge on any atom is 0.265 e. The lowest BCUT2D eigenvalue weighted by molar-refractivity contribution is 0.0933. The number of hydrogen-bond donors (Lipinski definition) is 2. The molecule has 0 aliphatic carbocycles. The Balaban J connectivity index is 1.85. The van der Waals surface area contributed by atoms with E-state index in [1.54, 1.807) is 24.5 Å². The van der Waals surface area contributed by atoms with Gasteiger partial charge >= 0.3 is 0 Å². The Bertz CT molecular complexity index is 381. The number of rotatable bonds is 13. The molecule has 0 atom stereocenters. The molecule has 1 rings (SSSR count). The number of carbonyl (C=O) groups excluding carboxylic acids is 1. The molecule has 124 valence electrons. The first-order valence-corrected chi connectivity index (χ1v) is 8.78. The Morgan fingerprint density at radius 1 is 0.909 bits per heavy atom. The van der Waals surface area contributed by atoms with Gasteiger partial charge in [-0.3, -0.25) is 15.2 Å². The molecule has 1 amide bonds. The molecule has 0 unspecified atom stereocenters. The number of unbranched alkanes of at least 4 members (excludes halogenated alkanes) is 9. The largest absolute Gasteiger partial charge is 0.287 e. The third-order valence-electron chi connectivity index (χ3n) is 3.80. The summed E-state index contributed by atoms with van der Waals surface area (Å²) in [6, 6.07) is 3.41. The smallest absolute Gasteiger partial charge is 0.265 e. The van der Waals surface area contributed by atoms with Gasteiger partial charge in [0.15, 0.2) is 0 Å². The lowest BCUT2D eigenvalue weighted by Gasteiger charge is -2.07. The summed E-state index contributed by atoms with van der Waals surface area (Å²) in [4.78, 5) is 15.6. The number of nitrogens with one attached hydrogen (secondary N) is 2. The van der Waals surface area contributed by atoms with E-state index in [0.717, 1.165) is 13.0 Å². The first-order chi connectivity index (χ1) is 10.8. The second-order valence-electron chi connectivity index (χ2n) is 5.80. The van der Waals surface area contributed by atoms with Crippen LogP contribution in [0.3, 0.4) is 0 Å². The quantitative estimate of drug-likeness (QED) is 0.423. The molecule has 4 heteroatoms. The molecular weight excluding hydrogens is 274 g/mol. The van der Waals surface area contributed by atoms with Gasteiger partial charge in [0.05, 0.1) is 0 Å². The average molecular weight is 305 g/mol. The molecule has 4 nitrogen and oxygen atoms in total. The Kier molecular flexibility index (Phi) is 11.2. The summed E-state index contributed by atoms with van der Waals surface area (Å²) in [5.41, 5.74) is 6.33. The maximum atomic E-state index is 11.7. The zero-order valence-corrected chi connectivity index (χ0v) is 13.9. The number of pyridine rings is 1. The van der Waals surface area contributed by atoms with Crippen LogP contribution < -0.4 is 10.9 Å². The first kappa shape index (κ1) is 18.6. The fraction of sp³-hybridized carbons (Fsp3) is 0.667. The van der Waals surface area contributed by atoms with E-state index in [0.29, 0.717) is 5.56 Å². The molecule has 2 N–H and O–H groups in total. The molecule has 0 saturated carbocycles. The first-order valence-electron chi connectivity index (χ1n) is 8.78. The molecule has 0 fully saturated rings. The van der Waals surface area contributed by atoms with Gasteiger partial charge in [0.25, 0.3) is 5.91 Å². The average Bonchev–Trinajstić information content (AvgIpc) is 2.56. The summed E-state index contributed by atoms with van der Waals surface area (Å²) in [6.45, 7) is 3.08. The maximum absolute atomic E-state index is 11.7. The van der Waals surface area contributed by atoms with Crippen molar-refractivity contribution in [3.63, 3.8) is 0 Å². The Morgan fingerprint density at radius 2 is 1.45 bits per heavy atom. The SMILES string of the molecule is CCCCCCCCCCCCNNC(=O)c1ccncc1. The minimum atomic E-state index is -0.102. The second-order valence-corrected chi connectivity index (χ2v) is 5.80. The lowest BCUT2D eigenvalue weighted by Crippen LogP contribution is -2.37. The van der Waals surface area contributed by atoms with Crippen molar-refractivity contribution in [2.45, 2.75) is 71.1 Å². The van der Waals surface area contributed by atoms with Crippen molar-refractivity contribution in [2.24, 2.45) is 0 Å². The van der Waals surface area contributed by atoms with Crippen LogP contribution in [0.5, 0.6) is 0 Å². The van der Waals surface area contributed by atoms with Crippen molar-refractivity contribution in [3.05, 3.63) is 30.1 Å². The fourth-order valence-corrected chi connectivity index (χ4v) is 2.42. The third kappa shape index (κ3) is 9.50. The van der Waals surface area contributed by atoms with E-state index in [2.05, 4.69) is 22.8 Å². The van der Waals surface area contributed by atoms with Crippen molar-refractivity contribution in [3.8, 4) is 0 Å².